The molecule has 1 amide bonds. The van der Waals surface area contributed by atoms with Crippen LogP contribution in [0.4, 0.5) is 10.1 Å². The zero-order valence-corrected chi connectivity index (χ0v) is 18.4. The Morgan fingerprint density at radius 3 is 2.56 bits per heavy atom. The molecule has 0 fully saturated rings. The van der Waals surface area contributed by atoms with Gasteiger partial charge >= 0.3 is 0 Å². The lowest BCUT2D eigenvalue weighted by atomic mass is 9.98. The maximum Gasteiger partial charge on any atom is 0.261 e. The number of halogens is 1. The van der Waals surface area contributed by atoms with Crippen molar-refractivity contribution in [1.29, 1.82) is 0 Å². The number of hydrogen-bond donors (Lipinski definition) is 1. The summed E-state index contributed by atoms with van der Waals surface area (Å²) in [7, 11) is -3.98. The van der Waals surface area contributed by atoms with Crippen LogP contribution in [-0.4, -0.2) is 32.4 Å². The molecule has 3 aromatic carbocycles. The topological polar surface area (TPSA) is 75.7 Å². The molecule has 0 radical (unpaired) electrons. The molecule has 0 unspecified atom stereocenters. The zero-order chi connectivity index (χ0) is 22.7. The Balaban J connectivity index is 1.58. The molecule has 0 bridgehead atoms. The van der Waals surface area contributed by atoms with Gasteiger partial charge in [-0.1, -0.05) is 18.2 Å². The van der Waals surface area contributed by atoms with Crippen LogP contribution in [0.3, 0.4) is 0 Å². The summed E-state index contributed by atoms with van der Waals surface area (Å²) in [5.41, 5.74) is 2.61. The molecule has 32 heavy (non-hydrogen) atoms. The number of nitrogens with zero attached hydrogens (tertiary/aromatic N) is 1. The zero-order valence-electron chi connectivity index (χ0n) is 17.5. The number of benzene rings is 3. The normalized spacial score (nSPS) is 13.4. The highest BCUT2D eigenvalue weighted by molar-refractivity contribution is 7.92. The van der Waals surface area contributed by atoms with Gasteiger partial charge in [-0.15, -0.1) is 0 Å². The van der Waals surface area contributed by atoms with E-state index >= 15 is 0 Å². The molecule has 4 rings (SSSR count). The van der Waals surface area contributed by atoms with Crippen LogP contribution in [0.25, 0.3) is 0 Å². The van der Waals surface area contributed by atoms with E-state index in [-0.39, 0.29) is 22.1 Å². The van der Waals surface area contributed by atoms with Gasteiger partial charge in [0.25, 0.3) is 15.9 Å². The maximum absolute atomic E-state index is 13.3. The summed E-state index contributed by atoms with van der Waals surface area (Å²) < 4.78 is 46.7. The Bertz CT molecular complexity index is 1240. The minimum absolute atomic E-state index is 0.0866. The first-order chi connectivity index (χ1) is 15.4. The first kappa shape index (κ1) is 21.8. The van der Waals surface area contributed by atoms with Gasteiger partial charge in [0, 0.05) is 13.1 Å². The van der Waals surface area contributed by atoms with Gasteiger partial charge in [0.15, 0.2) is 0 Å². The Morgan fingerprint density at radius 1 is 1.06 bits per heavy atom. The Kier molecular flexibility index (Phi) is 6.14. The molecule has 0 atom stereocenters. The summed E-state index contributed by atoms with van der Waals surface area (Å²) >= 11 is 0. The quantitative estimate of drug-likeness (QED) is 0.605. The van der Waals surface area contributed by atoms with E-state index in [0.29, 0.717) is 26.1 Å². The highest BCUT2D eigenvalue weighted by Crippen LogP contribution is 2.27. The Morgan fingerprint density at radius 2 is 1.81 bits per heavy atom. The molecule has 1 N–H and O–H groups in total. The second-order valence-corrected chi connectivity index (χ2v) is 9.13. The number of anilines is 1. The number of ether oxygens (including phenoxy) is 1. The third-order valence-electron chi connectivity index (χ3n) is 5.31. The molecular weight excluding hydrogens is 431 g/mol. The van der Waals surface area contributed by atoms with Crippen molar-refractivity contribution in [1.82, 2.24) is 4.90 Å². The number of fused-ring (bicyclic) bond motifs is 1. The van der Waals surface area contributed by atoms with Crippen molar-refractivity contribution < 1.29 is 22.3 Å². The number of nitrogens with one attached hydrogen (secondary N) is 1. The van der Waals surface area contributed by atoms with E-state index < -0.39 is 15.8 Å². The third kappa shape index (κ3) is 4.60. The van der Waals surface area contributed by atoms with Gasteiger partial charge < -0.3 is 9.64 Å². The van der Waals surface area contributed by atoms with Crippen molar-refractivity contribution in [3.63, 3.8) is 0 Å². The number of carbonyl (C=O) groups excluding carboxylic acids is 1. The number of amides is 1. The van der Waals surface area contributed by atoms with Crippen molar-refractivity contribution in [2.75, 3.05) is 17.9 Å². The van der Waals surface area contributed by atoms with Gasteiger partial charge in [0.2, 0.25) is 0 Å². The monoisotopic (exact) mass is 454 g/mol. The average molecular weight is 455 g/mol. The molecule has 0 saturated heterocycles. The van der Waals surface area contributed by atoms with E-state index in [1.165, 1.54) is 17.7 Å². The van der Waals surface area contributed by atoms with E-state index in [1.807, 2.05) is 25.1 Å². The first-order valence-corrected chi connectivity index (χ1v) is 11.8. The summed E-state index contributed by atoms with van der Waals surface area (Å²) in [5.74, 6) is -0.0414. The first-order valence-electron chi connectivity index (χ1n) is 10.3. The predicted octanol–water partition coefficient (Wildman–Crippen LogP) is 4.22. The summed E-state index contributed by atoms with van der Waals surface area (Å²) in [5, 5.41) is 0. The summed E-state index contributed by atoms with van der Waals surface area (Å²) in [4.78, 5) is 14.9. The molecule has 8 heteroatoms. The highest BCUT2D eigenvalue weighted by atomic mass is 32.2. The fourth-order valence-corrected chi connectivity index (χ4v) is 4.79. The van der Waals surface area contributed by atoms with E-state index in [0.717, 1.165) is 23.4 Å². The van der Waals surface area contributed by atoms with Crippen molar-refractivity contribution in [3.8, 4) is 5.75 Å². The van der Waals surface area contributed by atoms with Gasteiger partial charge in [0.05, 0.1) is 22.8 Å². The third-order valence-corrected chi connectivity index (χ3v) is 6.70. The minimum Gasteiger partial charge on any atom is -0.494 e. The number of carbonyl (C=O) groups is 1. The van der Waals surface area contributed by atoms with Crippen LogP contribution in [-0.2, 0) is 23.0 Å². The van der Waals surface area contributed by atoms with Crippen molar-refractivity contribution in [2.24, 2.45) is 0 Å². The Hall–Kier alpha value is -3.39. The minimum atomic E-state index is -3.98. The lowest BCUT2D eigenvalue weighted by Gasteiger charge is -2.30. The van der Waals surface area contributed by atoms with Gasteiger partial charge in [-0.2, -0.15) is 0 Å². The summed E-state index contributed by atoms with van der Waals surface area (Å²) in [6, 6.07) is 16.9. The standard InChI is InChI=1S/C24H23FN2O4S/c1-2-31-20-10-7-17-13-14-27(16-18(17)15-20)24(28)22-5-3-4-6-23(22)26-32(29,30)21-11-8-19(25)9-12-21/h3-12,15,26H,2,13-14,16H2,1H3. The van der Waals surface area contributed by atoms with E-state index in [9.17, 15) is 17.6 Å². The molecule has 0 spiro atoms. The number of hydrogen-bond acceptors (Lipinski definition) is 4. The van der Waals surface area contributed by atoms with Gasteiger partial charge in [-0.05, 0) is 73.0 Å². The average Bonchev–Trinajstić information content (AvgIpc) is 2.79. The summed E-state index contributed by atoms with van der Waals surface area (Å²) in [6.07, 6.45) is 0.705. The smallest absolute Gasteiger partial charge is 0.261 e. The number of para-hydroxylation sites is 1. The predicted molar refractivity (Wildman–Crippen MR) is 120 cm³/mol. The number of sulfonamides is 1. The highest BCUT2D eigenvalue weighted by Gasteiger charge is 2.25. The van der Waals surface area contributed by atoms with Crippen LogP contribution < -0.4 is 9.46 Å². The van der Waals surface area contributed by atoms with Gasteiger partial charge in [0.1, 0.15) is 11.6 Å². The molecule has 0 aromatic heterocycles. The molecule has 0 saturated carbocycles. The maximum atomic E-state index is 13.3. The molecule has 0 aliphatic carbocycles. The van der Waals surface area contributed by atoms with Crippen molar-refractivity contribution in [2.45, 2.75) is 24.8 Å². The molecule has 166 valence electrons. The lowest BCUT2D eigenvalue weighted by Crippen LogP contribution is -2.36. The second kappa shape index (κ2) is 9.00. The van der Waals surface area contributed by atoms with Crippen LogP contribution in [0, 0.1) is 5.82 Å². The number of rotatable bonds is 6. The molecule has 1 heterocycles. The fourth-order valence-electron chi connectivity index (χ4n) is 3.71. The van der Waals surface area contributed by atoms with E-state index in [2.05, 4.69) is 4.72 Å². The fraction of sp³-hybridized carbons (Fsp3) is 0.208. The molecule has 6 nitrogen and oxygen atoms in total. The van der Waals surface area contributed by atoms with Crippen molar-refractivity contribution in [3.05, 3.63) is 89.2 Å². The summed E-state index contributed by atoms with van der Waals surface area (Å²) in [6.45, 7) is 3.41. The lowest BCUT2D eigenvalue weighted by molar-refractivity contribution is 0.0735. The van der Waals surface area contributed by atoms with Crippen LogP contribution in [0.1, 0.15) is 28.4 Å². The largest absolute Gasteiger partial charge is 0.494 e. The van der Waals surface area contributed by atoms with E-state index in [4.69, 9.17) is 4.74 Å². The molecule has 1 aliphatic rings. The van der Waals surface area contributed by atoms with Crippen LogP contribution >= 0.6 is 0 Å². The molecule has 1 aliphatic heterocycles. The van der Waals surface area contributed by atoms with Crippen LogP contribution in [0.5, 0.6) is 5.75 Å². The molecular formula is C24H23FN2O4S. The SMILES string of the molecule is CCOc1ccc2c(c1)CN(C(=O)c1ccccc1NS(=O)(=O)c1ccc(F)cc1)CC2. The van der Waals surface area contributed by atoms with Crippen LogP contribution in [0.2, 0.25) is 0 Å². The van der Waals surface area contributed by atoms with E-state index in [1.54, 1.807) is 29.2 Å². The Labute approximate surface area is 186 Å². The van der Waals surface area contributed by atoms with Gasteiger partial charge in [-0.25, -0.2) is 12.8 Å². The van der Waals surface area contributed by atoms with Crippen molar-refractivity contribution >= 4 is 21.6 Å². The van der Waals surface area contributed by atoms with Gasteiger partial charge in [-0.3, -0.25) is 9.52 Å². The van der Waals surface area contributed by atoms with Crippen LogP contribution in [0.15, 0.2) is 71.6 Å². The second-order valence-electron chi connectivity index (χ2n) is 7.45. The molecule has 3 aromatic rings.